The number of rotatable bonds is 8. The summed E-state index contributed by atoms with van der Waals surface area (Å²) < 4.78 is 5.68. The topological polar surface area (TPSA) is 70.6 Å². The van der Waals surface area contributed by atoms with Crippen molar-refractivity contribution in [3.05, 3.63) is 24.3 Å². The number of aliphatic hydroxyl groups excluding tert-OH is 1. The molecule has 0 spiro atoms. The Morgan fingerprint density at radius 1 is 1.24 bits per heavy atom. The van der Waals surface area contributed by atoms with Crippen molar-refractivity contribution in [2.45, 2.75) is 52.2 Å². The summed E-state index contributed by atoms with van der Waals surface area (Å²) in [5.41, 5.74) is 0.711. The van der Waals surface area contributed by atoms with Crippen molar-refractivity contribution in [3.8, 4) is 5.75 Å². The fourth-order valence-electron chi connectivity index (χ4n) is 1.82. The van der Waals surface area contributed by atoms with Gasteiger partial charge in [-0.2, -0.15) is 0 Å². The van der Waals surface area contributed by atoms with Crippen LogP contribution < -0.4 is 15.4 Å². The number of urea groups is 1. The molecule has 2 amide bonds. The Labute approximate surface area is 126 Å². The molecule has 5 nitrogen and oxygen atoms in total. The van der Waals surface area contributed by atoms with E-state index in [4.69, 9.17) is 9.84 Å². The molecule has 2 unspecified atom stereocenters. The molecule has 0 aliphatic carbocycles. The van der Waals surface area contributed by atoms with E-state index in [2.05, 4.69) is 17.6 Å². The highest BCUT2D eigenvalue weighted by atomic mass is 16.5. The van der Waals surface area contributed by atoms with Gasteiger partial charge in [-0.3, -0.25) is 0 Å². The molecule has 0 heterocycles. The van der Waals surface area contributed by atoms with E-state index in [-0.39, 0.29) is 24.8 Å². The van der Waals surface area contributed by atoms with Gasteiger partial charge < -0.3 is 20.5 Å². The zero-order chi connectivity index (χ0) is 15.7. The molecule has 21 heavy (non-hydrogen) atoms. The first-order valence-electron chi connectivity index (χ1n) is 7.54. The summed E-state index contributed by atoms with van der Waals surface area (Å²) in [6.07, 6.45) is 2.48. The molecular formula is C16H26N2O3. The minimum Gasteiger partial charge on any atom is -0.491 e. The highest BCUT2D eigenvalue weighted by Gasteiger charge is 2.10. The summed E-state index contributed by atoms with van der Waals surface area (Å²) in [6.45, 7) is 6.13. The number of anilines is 1. The predicted octanol–water partition coefficient (Wildman–Crippen LogP) is 3.15. The molecule has 0 aliphatic heterocycles. The molecule has 1 aromatic rings. The SMILES string of the molecule is CCC(CCO)NC(=O)Nc1ccc(OC(C)CC)cc1. The summed E-state index contributed by atoms with van der Waals surface area (Å²) in [4.78, 5) is 11.8. The zero-order valence-electron chi connectivity index (χ0n) is 13.1. The van der Waals surface area contributed by atoms with Crippen LogP contribution in [0, 0.1) is 0 Å². The number of ether oxygens (including phenoxy) is 1. The summed E-state index contributed by atoms with van der Waals surface area (Å²) in [5.74, 6) is 0.794. The van der Waals surface area contributed by atoms with Crippen LogP contribution in [0.4, 0.5) is 10.5 Å². The highest BCUT2D eigenvalue weighted by Crippen LogP contribution is 2.17. The first-order valence-corrected chi connectivity index (χ1v) is 7.54. The molecule has 1 rings (SSSR count). The van der Waals surface area contributed by atoms with Gasteiger partial charge in [-0.1, -0.05) is 13.8 Å². The number of amides is 2. The van der Waals surface area contributed by atoms with Crippen molar-refractivity contribution in [2.24, 2.45) is 0 Å². The van der Waals surface area contributed by atoms with Gasteiger partial charge in [-0.15, -0.1) is 0 Å². The van der Waals surface area contributed by atoms with Crippen LogP contribution in [0.3, 0.4) is 0 Å². The van der Waals surface area contributed by atoms with Crippen molar-refractivity contribution in [3.63, 3.8) is 0 Å². The van der Waals surface area contributed by atoms with Crippen molar-refractivity contribution < 1.29 is 14.6 Å². The molecule has 5 heteroatoms. The first kappa shape index (κ1) is 17.3. The summed E-state index contributed by atoms with van der Waals surface area (Å²) >= 11 is 0. The second kappa shape index (κ2) is 9.23. The molecule has 0 aliphatic rings. The lowest BCUT2D eigenvalue weighted by Gasteiger charge is -2.16. The monoisotopic (exact) mass is 294 g/mol. The van der Waals surface area contributed by atoms with Gasteiger partial charge in [0.2, 0.25) is 0 Å². The Morgan fingerprint density at radius 3 is 2.43 bits per heavy atom. The van der Waals surface area contributed by atoms with E-state index < -0.39 is 0 Å². The number of hydrogen-bond acceptors (Lipinski definition) is 3. The van der Waals surface area contributed by atoms with Gasteiger partial charge in [0.15, 0.2) is 0 Å². The van der Waals surface area contributed by atoms with E-state index in [1.54, 1.807) is 0 Å². The molecule has 0 bridgehead atoms. The van der Waals surface area contributed by atoms with Crippen molar-refractivity contribution >= 4 is 11.7 Å². The third-order valence-corrected chi connectivity index (χ3v) is 3.33. The number of hydrogen-bond donors (Lipinski definition) is 3. The van der Waals surface area contributed by atoms with Crippen LogP contribution in [-0.2, 0) is 0 Å². The molecule has 2 atom stereocenters. The molecule has 118 valence electrons. The van der Waals surface area contributed by atoms with Gasteiger partial charge in [0, 0.05) is 18.3 Å². The summed E-state index contributed by atoms with van der Waals surface area (Å²) in [6, 6.07) is 7.03. The fraction of sp³-hybridized carbons (Fsp3) is 0.562. The highest BCUT2D eigenvalue weighted by molar-refractivity contribution is 5.89. The van der Waals surface area contributed by atoms with Crippen LogP contribution >= 0.6 is 0 Å². The second-order valence-corrected chi connectivity index (χ2v) is 5.08. The second-order valence-electron chi connectivity index (χ2n) is 5.08. The number of nitrogens with one attached hydrogen (secondary N) is 2. The van der Waals surface area contributed by atoms with Crippen LogP contribution in [0.2, 0.25) is 0 Å². The van der Waals surface area contributed by atoms with Gasteiger partial charge in [-0.25, -0.2) is 4.79 Å². The van der Waals surface area contributed by atoms with Crippen LogP contribution in [0.25, 0.3) is 0 Å². The van der Waals surface area contributed by atoms with Crippen molar-refractivity contribution in [2.75, 3.05) is 11.9 Å². The average Bonchev–Trinajstić information content (AvgIpc) is 2.48. The average molecular weight is 294 g/mol. The van der Waals surface area contributed by atoms with Gasteiger partial charge in [-0.05, 0) is 50.5 Å². The maximum absolute atomic E-state index is 11.8. The van der Waals surface area contributed by atoms with Crippen LogP contribution in [-0.4, -0.2) is 29.9 Å². The largest absolute Gasteiger partial charge is 0.491 e. The fourth-order valence-corrected chi connectivity index (χ4v) is 1.82. The Morgan fingerprint density at radius 2 is 1.90 bits per heavy atom. The van der Waals surface area contributed by atoms with E-state index >= 15 is 0 Å². The number of carbonyl (C=O) groups is 1. The lowest BCUT2D eigenvalue weighted by Crippen LogP contribution is -2.38. The normalized spacial score (nSPS) is 13.3. The number of carbonyl (C=O) groups excluding carboxylic acids is 1. The standard InChI is InChI=1S/C16H26N2O3/c1-4-12(3)21-15-8-6-14(7-9-15)18-16(20)17-13(5-2)10-11-19/h6-9,12-13,19H,4-5,10-11H2,1-3H3,(H2,17,18,20). The van der Waals surface area contributed by atoms with Crippen molar-refractivity contribution in [1.29, 1.82) is 0 Å². The molecule has 1 aromatic carbocycles. The third kappa shape index (κ3) is 6.49. The molecule has 0 aromatic heterocycles. The molecule has 0 saturated heterocycles. The van der Waals surface area contributed by atoms with E-state index in [9.17, 15) is 4.79 Å². The van der Waals surface area contributed by atoms with Gasteiger partial charge >= 0.3 is 6.03 Å². The summed E-state index contributed by atoms with van der Waals surface area (Å²) in [7, 11) is 0. The molecule has 0 saturated carbocycles. The zero-order valence-corrected chi connectivity index (χ0v) is 13.1. The lowest BCUT2D eigenvalue weighted by atomic mass is 10.2. The smallest absolute Gasteiger partial charge is 0.319 e. The third-order valence-electron chi connectivity index (χ3n) is 3.33. The van der Waals surface area contributed by atoms with Gasteiger partial charge in [0.05, 0.1) is 6.10 Å². The number of aliphatic hydroxyl groups is 1. The minimum absolute atomic E-state index is 0.0111. The van der Waals surface area contributed by atoms with Crippen molar-refractivity contribution in [1.82, 2.24) is 5.32 Å². The van der Waals surface area contributed by atoms with E-state index in [1.807, 2.05) is 38.1 Å². The Hall–Kier alpha value is -1.75. The molecule has 0 radical (unpaired) electrons. The Bertz CT molecular complexity index is 420. The summed E-state index contributed by atoms with van der Waals surface area (Å²) in [5, 5.41) is 14.5. The van der Waals surface area contributed by atoms with Crippen LogP contribution in [0.15, 0.2) is 24.3 Å². The Balaban J connectivity index is 2.49. The molecular weight excluding hydrogens is 268 g/mol. The maximum Gasteiger partial charge on any atom is 0.319 e. The predicted molar refractivity (Wildman–Crippen MR) is 84.8 cm³/mol. The van der Waals surface area contributed by atoms with E-state index in [0.717, 1.165) is 18.6 Å². The maximum atomic E-state index is 11.8. The lowest BCUT2D eigenvalue weighted by molar-refractivity contribution is 0.217. The van der Waals surface area contributed by atoms with E-state index in [0.29, 0.717) is 12.1 Å². The number of benzene rings is 1. The minimum atomic E-state index is -0.258. The van der Waals surface area contributed by atoms with Gasteiger partial charge in [0.25, 0.3) is 0 Å². The molecule has 3 N–H and O–H groups in total. The first-order chi connectivity index (χ1) is 10.1. The molecule has 0 fully saturated rings. The van der Waals surface area contributed by atoms with Crippen LogP contribution in [0.1, 0.15) is 40.0 Å². The van der Waals surface area contributed by atoms with E-state index in [1.165, 1.54) is 0 Å². The Kier molecular flexibility index (Phi) is 7.61. The van der Waals surface area contributed by atoms with Gasteiger partial charge in [0.1, 0.15) is 5.75 Å². The quantitative estimate of drug-likeness (QED) is 0.690. The van der Waals surface area contributed by atoms with Crippen LogP contribution in [0.5, 0.6) is 5.75 Å².